The van der Waals surface area contributed by atoms with Crippen LogP contribution in [-0.4, -0.2) is 30.6 Å². The second-order valence-corrected chi connectivity index (χ2v) is 5.85. The Bertz CT molecular complexity index is 851. The number of aliphatic hydroxyl groups is 1. The van der Waals surface area contributed by atoms with Gasteiger partial charge >= 0.3 is 0 Å². The van der Waals surface area contributed by atoms with E-state index >= 15 is 0 Å². The number of carbonyl (C=O) groups excluding carboxylic acids is 1. The van der Waals surface area contributed by atoms with Crippen LogP contribution in [-0.2, 0) is 0 Å². The third kappa shape index (κ3) is 4.56. The fourth-order valence-corrected chi connectivity index (χ4v) is 2.67. The lowest BCUT2D eigenvalue weighted by Crippen LogP contribution is -2.26. The number of likely N-dealkylation sites (N-methyl/N-ethyl adjacent to an activating group) is 1. The predicted octanol–water partition coefficient (Wildman–Crippen LogP) is 3.74. The summed E-state index contributed by atoms with van der Waals surface area (Å²) < 4.78 is 13.0. The molecule has 0 aliphatic heterocycles. The third-order valence-electron chi connectivity index (χ3n) is 4.14. The summed E-state index contributed by atoms with van der Waals surface area (Å²) in [6.07, 6.45) is 1.55. The maximum absolute atomic E-state index is 13.0. The van der Waals surface area contributed by atoms with E-state index in [1.807, 2.05) is 43.0 Å². The number of allylic oxidation sites excluding steroid dienone is 1. The van der Waals surface area contributed by atoms with Crippen molar-refractivity contribution in [3.8, 4) is 6.07 Å². The second-order valence-electron chi connectivity index (χ2n) is 5.85. The quantitative estimate of drug-likeness (QED) is 0.468. The van der Waals surface area contributed by atoms with E-state index < -0.39 is 11.6 Å². The van der Waals surface area contributed by atoms with Gasteiger partial charge in [0.05, 0.1) is 6.61 Å². The highest BCUT2D eigenvalue weighted by Crippen LogP contribution is 2.22. The van der Waals surface area contributed by atoms with Crippen LogP contribution in [0.25, 0.3) is 6.08 Å². The first-order chi connectivity index (χ1) is 12.5. The van der Waals surface area contributed by atoms with E-state index in [-0.39, 0.29) is 17.7 Å². The number of Topliss-reactive ketones (excluding diaryl/α,β-unsaturated/α-hetero) is 1. The number of hydrogen-bond donors (Lipinski definition) is 1. The van der Waals surface area contributed by atoms with Gasteiger partial charge in [-0.05, 0) is 67.4 Å². The van der Waals surface area contributed by atoms with Crippen molar-refractivity contribution in [1.29, 1.82) is 5.26 Å². The Morgan fingerprint density at radius 1 is 1.27 bits per heavy atom. The molecular formula is C21H21FN2O2. The number of aliphatic hydroxyl groups excluding tert-OH is 1. The maximum atomic E-state index is 13.0. The first-order valence-corrected chi connectivity index (χ1v) is 8.38. The highest BCUT2D eigenvalue weighted by Gasteiger charge is 2.13. The van der Waals surface area contributed by atoms with Crippen molar-refractivity contribution in [2.75, 3.05) is 24.6 Å². The molecule has 0 atom stereocenters. The Hall–Kier alpha value is -2.97. The average molecular weight is 352 g/mol. The molecular weight excluding hydrogens is 331 g/mol. The molecule has 2 aromatic carbocycles. The number of ketones is 1. The molecule has 26 heavy (non-hydrogen) atoms. The standard InChI is InChI=1S/C21H21FN2O2/c1-3-24(10-11-25)20-9-6-17(15(2)12-20)13-18(14-23)21(26)16-4-7-19(22)8-5-16/h4-9,12-13,25H,3,10-11H2,1-2H3/b18-13+. The highest BCUT2D eigenvalue weighted by molar-refractivity contribution is 6.14. The SMILES string of the molecule is CCN(CCO)c1ccc(/C=C(\C#N)C(=O)c2ccc(F)cc2)c(C)c1. The number of hydrogen-bond acceptors (Lipinski definition) is 4. The summed E-state index contributed by atoms with van der Waals surface area (Å²) in [4.78, 5) is 14.5. The summed E-state index contributed by atoms with van der Waals surface area (Å²) in [6.45, 7) is 5.28. The Morgan fingerprint density at radius 3 is 2.50 bits per heavy atom. The van der Waals surface area contributed by atoms with E-state index in [1.54, 1.807) is 6.08 Å². The number of anilines is 1. The number of halogens is 1. The van der Waals surface area contributed by atoms with E-state index in [1.165, 1.54) is 24.3 Å². The van der Waals surface area contributed by atoms with Gasteiger partial charge in [-0.2, -0.15) is 5.26 Å². The highest BCUT2D eigenvalue weighted by atomic mass is 19.1. The van der Waals surface area contributed by atoms with Gasteiger partial charge in [0, 0.05) is 24.3 Å². The van der Waals surface area contributed by atoms with E-state index in [0.717, 1.165) is 23.4 Å². The molecule has 0 spiro atoms. The Kier molecular flexibility index (Phi) is 6.65. The predicted molar refractivity (Wildman–Crippen MR) is 100 cm³/mol. The molecule has 4 nitrogen and oxygen atoms in total. The molecule has 2 rings (SSSR count). The third-order valence-corrected chi connectivity index (χ3v) is 4.14. The van der Waals surface area contributed by atoms with Crippen molar-refractivity contribution in [2.24, 2.45) is 0 Å². The van der Waals surface area contributed by atoms with Crippen LogP contribution in [0, 0.1) is 24.1 Å². The minimum absolute atomic E-state index is 0.00448. The van der Waals surface area contributed by atoms with E-state index in [9.17, 15) is 14.4 Å². The number of carbonyl (C=O) groups is 1. The zero-order valence-electron chi connectivity index (χ0n) is 14.9. The minimum Gasteiger partial charge on any atom is -0.395 e. The van der Waals surface area contributed by atoms with Gasteiger partial charge in [0.15, 0.2) is 0 Å². The first-order valence-electron chi connectivity index (χ1n) is 8.38. The monoisotopic (exact) mass is 352 g/mol. The maximum Gasteiger partial charge on any atom is 0.203 e. The summed E-state index contributed by atoms with van der Waals surface area (Å²) in [5, 5.41) is 18.5. The number of nitrogens with zero attached hydrogens (tertiary/aromatic N) is 2. The molecule has 5 heteroatoms. The van der Waals surface area contributed by atoms with E-state index in [2.05, 4.69) is 0 Å². The fourth-order valence-electron chi connectivity index (χ4n) is 2.67. The molecule has 0 fully saturated rings. The molecule has 0 unspecified atom stereocenters. The summed E-state index contributed by atoms with van der Waals surface area (Å²) in [5.41, 5.74) is 2.92. The average Bonchev–Trinajstić information content (AvgIpc) is 2.65. The molecule has 0 aliphatic rings. The molecule has 0 amide bonds. The lowest BCUT2D eigenvalue weighted by Gasteiger charge is -2.22. The number of aryl methyl sites for hydroxylation is 1. The van der Waals surface area contributed by atoms with Gasteiger partial charge in [-0.25, -0.2) is 4.39 Å². The molecule has 2 aromatic rings. The smallest absolute Gasteiger partial charge is 0.203 e. The van der Waals surface area contributed by atoms with Crippen LogP contribution in [0.3, 0.4) is 0 Å². The van der Waals surface area contributed by atoms with Gasteiger partial charge in [-0.3, -0.25) is 4.79 Å². The largest absolute Gasteiger partial charge is 0.395 e. The number of nitriles is 1. The van der Waals surface area contributed by atoms with Crippen molar-refractivity contribution >= 4 is 17.5 Å². The molecule has 0 radical (unpaired) electrons. The lowest BCUT2D eigenvalue weighted by molar-refractivity contribution is 0.104. The molecule has 0 heterocycles. The molecule has 0 bridgehead atoms. The summed E-state index contributed by atoms with van der Waals surface area (Å²) in [5.74, 6) is -0.870. The van der Waals surface area contributed by atoms with Crippen molar-refractivity contribution in [3.63, 3.8) is 0 Å². The molecule has 134 valence electrons. The zero-order valence-corrected chi connectivity index (χ0v) is 14.9. The van der Waals surface area contributed by atoms with Crippen LogP contribution in [0.15, 0.2) is 48.0 Å². The van der Waals surface area contributed by atoms with Crippen LogP contribution in [0.5, 0.6) is 0 Å². The van der Waals surface area contributed by atoms with Gasteiger partial charge < -0.3 is 10.0 Å². The zero-order chi connectivity index (χ0) is 19.1. The number of rotatable bonds is 7. The molecule has 0 aromatic heterocycles. The van der Waals surface area contributed by atoms with Crippen LogP contribution >= 0.6 is 0 Å². The van der Waals surface area contributed by atoms with E-state index in [0.29, 0.717) is 6.54 Å². The first kappa shape index (κ1) is 19.4. The van der Waals surface area contributed by atoms with Crippen LogP contribution in [0.1, 0.15) is 28.4 Å². The second kappa shape index (κ2) is 8.93. The van der Waals surface area contributed by atoms with Crippen molar-refractivity contribution < 1.29 is 14.3 Å². The normalized spacial score (nSPS) is 11.1. The van der Waals surface area contributed by atoms with E-state index in [4.69, 9.17) is 5.11 Å². The van der Waals surface area contributed by atoms with Crippen LogP contribution < -0.4 is 4.90 Å². The molecule has 0 aliphatic carbocycles. The summed E-state index contributed by atoms with van der Waals surface area (Å²) >= 11 is 0. The summed E-state index contributed by atoms with van der Waals surface area (Å²) in [7, 11) is 0. The van der Waals surface area contributed by atoms with Crippen molar-refractivity contribution in [3.05, 3.63) is 70.5 Å². The molecule has 0 saturated carbocycles. The fraction of sp³-hybridized carbons (Fsp3) is 0.238. The molecule has 1 N–H and O–H groups in total. The Balaban J connectivity index is 2.32. The minimum atomic E-state index is -0.438. The summed E-state index contributed by atoms with van der Waals surface area (Å²) in [6, 6.07) is 12.8. The van der Waals surface area contributed by atoms with Crippen molar-refractivity contribution in [2.45, 2.75) is 13.8 Å². The Morgan fingerprint density at radius 2 is 1.96 bits per heavy atom. The van der Waals surface area contributed by atoms with Gasteiger partial charge in [0.2, 0.25) is 5.78 Å². The topological polar surface area (TPSA) is 64.3 Å². The lowest BCUT2D eigenvalue weighted by atomic mass is 9.99. The molecule has 0 saturated heterocycles. The van der Waals surface area contributed by atoms with Gasteiger partial charge in [-0.1, -0.05) is 6.07 Å². The van der Waals surface area contributed by atoms with Crippen LogP contribution in [0.4, 0.5) is 10.1 Å². The Labute approximate surface area is 152 Å². The van der Waals surface area contributed by atoms with Gasteiger partial charge in [-0.15, -0.1) is 0 Å². The van der Waals surface area contributed by atoms with Gasteiger partial charge in [0.1, 0.15) is 17.5 Å². The number of benzene rings is 2. The van der Waals surface area contributed by atoms with Crippen molar-refractivity contribution in [1.82, 2.24) is 0 Å². The van der Waals surface area contributed by atoms with Gasteiger partial charge in [0.25, 0.3) is 0 Å². The van der Waals surface area contributed by atoms with Crippen LogP contribution in [0.2, 0.25) is 0 Å².